The average molecular weight is 332 g/mol. The molecule has 2 rings (SSSR count). The second-order valence-electron chi connectivity index (χ2n) is 5.46. The lowest BCUT2D eigenvalue weighted by atomic mass is 10.1. The number of urea groups is 1. The van der Waals surface area contributed by atoms with Gasteiger partial charge in [0.2, 0.25) is 0 Å². The number of halogens is 3. The Kier molecular flexibility index (Phi) is 5.30. The summed E-state index contributed by atoms with van der Waals surface area (Å²) in [5.41, 5.74) is -2.24. The van der Waals surface area contributed by atoms with Gasteiger partial charge in [-0.3, -0.25) is 4.79 Å². The zero-order valence-corrected chi connectivity index (χ0v) is 12.7. The highest BCUT2D eigenvalue weighted by Gasteiger charge is 2.31. The molecule has 1 atom stereocenters. The van der Waals surface area contributed by atoms with Gasteiger partial charge in [0.05, 0.1) is 5.56 Å². The Bertz CT molecular complexity index is 615. The monoisotopic (exact) mass is 332 g/mol. The van der Waals surface area contributed by atoms with E-state index < -0.39 is 29.0 Å². The standard InChI is InChI=1S/C14H19F3N4O2/c1-2-21-5-3-4-10(8-21)19-13(23)20-11-6-9(14(15,16)17)7-18-12(11)22/h6-7,10H,2-5,8H2,1H3,(H,18,22)(H2,19,20,23). The van der Waals surface area contributed by atoms with Crippen LogP contribution in [0.1, 0.15) is 25.3 Å². The third-order valence-electron chi connectivity index (χ3n) is 3.77. The van der Waals surface area contributed by atoms with Crippen LogP contribution in [-0.4, -0.2) is 41.6 Å². The van der Waals surface area contributed by atoms with Crippen molar-refractivity contribution in [1.29, 1.82) is 0 Å². The number of carbonyl (C=O) groups is 1. The number of likely N-dealkylation sites (tertiary alicyclic amines) is 1. The number of aromatic amines is 1. The number of amides is 2. The van der Waals surface area contributed by atoms with Crippen molar-refractivity contribution >= 4 is 11.7 Å². The molecule has 1 aliphatic heterocycles. The summed E-state index contributed by atoms with van der Waals surface area (Å²) < 4.78 is 37.9. The molecule has 1 aromatic heterocycles. The number of pyridine rings is 1. The number of H-pyrrole nitrogens is 1. The van der Waals surface area contributed by atoms with Crippen molar-refractivity contribution in [1.82, 2.24) is 15.2 Å². The van der Waals surface area contributed by atoms with E-state index in [0.29, 0.717) is 18.8 Å². The van der Waals surface area contributed by atoms with E-state index in [2.05, 4.69) is 15.5 Å². The molecule has 0 saturated carbocycles. The number of rotatable bonds is 3. The Labute approximate surface area is 131 Å². The van der Waals surface area contributed by atoms with Crippen LogP contribution >= 0.6 is 0 Å². The van der Waals surface area contributed by atoms with Crippen LogP contribution in [0.4, 0.5) is 23.7 Å². The van der Waals surface area contributed by atoms with Crippen LogP contribution in [0, 0.1) is 0 Å². The van der Waals surface area contributed by atoms with E-state index in [9.17, 15) is 22.8 Å². The first-order valence-electron chi connectivity index (χ1n) is 7.39. The normalized spacial score (nSPS) is 19.4. The Hall–Kier alpha value is -2.03. The first-order valence-corrected chi connectivity index (χ1v) is 7.39. The summed E-state index contributed by atoms with van der Waals surface area (Å²) in [5, 5.41) is 4.88. The van der Waals surface area contributed by atoms with Crippen LogP contribution in [-0.2, 0) is 6.18 Å². The molecule has 0 bridgehead atoms. The molecule has 2 heterocycles. The summed E-state index contributed by atoms with van der Waals surface area (Å²) in [7, 11) is 0. The van der Waals surface area contributed by atoms with Crippen molar-refractivity contribution in [3.05, 3.63) is 28.2 Å². The van der Waals surface area contributed by atoms with Gasteiger partial charge in [-0.05, 0) is 32.0 Å². The molecule has 1 fully saturated rings. The van der Waals surface area contributed by atoms with Gasteiger partial charge in [-0.15, -0.1) is 0 Å². The lowest BCUT2D eigenvalue weighted by Crippen LogP contribution is -2.49. The van der Waals surface area contributed by atoms with E-state index in [1.165, 1.54) is 0 Å². The highest BCUT2D eigenvalue weighted by atomic mass is 19.4. The Morgan fingerprint density at radius 3 is 2.87 bits per heavy atom. The zero-order chi connectivity index (χ0) is 17.0. The Morgan fingerprint density at radius 1 is 1.48 bits per heavy atom. The van der Waals surface area contributed by atoms with Gasteiger partial charge in [-0.25, -0.2) is 4.79 Å². The molecule has 6 nitrogen and oxygen atoms in total. The average Bonchev–Trinajstić information content (AvgIpc) is 2.48. The van der Waals surface area contributed by atoms with Crippen molar-refractivity contribution in [2.45, 2.75) is 32.0 Å². The molecule has 0 aliphatic carbocycles. The molecule has 0 radical (unpaired) electrons. The SMILES string of the molecule is CCN1CCCC(NC(=O)Nc2cc(C(F)(F)F)c[nH]c2=O)C1. The molecule has 1 saturated heterocycles. The van der Waals surface area contributed by atoms with E-state index in [1.807, 2.05) is 11.9 Å². The van der Waals surface area contributed by atoms with E-state index in [-0.39, 0.29) is 6.04 Å². The molecule has 1 aromatic rings. The van der Waals surface area contributed by atoms with Gasteiger partial charge in [-0.1, -0.05) is 6.92 Å². The maximum atomic E-state index is 12.6. The van der Waals surface area contributed by atoms with Gasteiger partial charge in [-0.2, -0.15) is 13.2 Å². The summed E-state index contributed by atoms with van der Waals surface area (Å²) in [6.07, 6.45) is -2.29. The molecule has 128 valence electrons. The van der Waals surface area contributed by atoms with Crippen molar-refractivity contribution in [3.8, 4) is 0 Å². The quantitative estimate of drug-likeness (QED) is 0.792. The fraction of sp³-hybridized carbons (Fsp3) is 0.571. The van der Waals surface area contributed by atoms with Crippen LogP contribution in [0.25, 0.3) is 0 Å². The number of carbonyl (C=O) groups excluding carboxylic acids is 1. The van der Waals surface area contributed by atoms with E-state index in [0.717, 1.165) is 25.9 Å². The lowest BCUT2D eigenvalue weighted by Gasteiger charge is -2.32. The Balaban J connectivity index is 2.01. The number of nitrogens with zero attached hydrogens (tertiary/aromatic N) is 1. The number of likely N-dealkylation sites (N-methyl/N-ethyl adjacent to an activating group) is 1. The number of hydrogen-bond donors (Lipinski definition) is 3. The predicted octanol–water partition coefficient (Wildman–Crippen LogP) is 2.00. The molecule has 1 unspecified atom stereocenters. The van der Waals surface area contributed by atoms with Crippen molar-refractivity contribution in [2.24, 2.45) is 0 Å². The van der Waals surface area contributed by atoms with Gasteiger partial charge in [0, 0.05) is 18.8 Å². The van der Waals surface area contributed by atoms with Crippen LogP contribution in [0.15, 0.2) is 17.1 Å². The van der Waals surface area contributed by atoms with Gasteiger partial charge >= 0.3 is 12.2 Å². The fourth-order valence-electron chi connectivity index (χ4n) is 2.54. The van der Waals surface area contributed by atoms with E-state index in [1.54, 1.807) is 0 Å². The molecule has 1 aliphatic rings. The molecule has 2 amide bonds. The maximum absolute atomic E-state index is 12.6. The summed E-state index contributed by atoms with van der Waals surface area (Å²) >= 11 is 0. The van der Waals surface area contributed by atoms with Gasteiger partial charge in [0.1, 0.15) is 5.69 Å². The highest BCUT2D eigenvalue weighted by molar-refractivity contribution is 5.89. The third kappa shape index (κ3) is 4.72. The second kappa shape index (κ2) is 7.03. The van der Waals surface area contributed by atoms with Gasteiger partial charge in [0.15, 0.2) is 0 Å². The van der Waals surface area contributed by atoms with Crippen molar-refractivity contribution < 1.29 is 18.0 Å². The minimum absolute atomic E-state index is 0.0893. The highest BCUT2D eigenvalue weighted by Crippen LogP contribution is 2.29. The van der Waals surface area contributed by atoms with Crippen molar-refractivity contribution in [3.63, 3.8) is 0 Å². The number of hydrogen-bond acceptors (Lipinski definition) is 3. The number of nitrogens with one attached hydrogen (secondary N) is 3. The molecular weight excluding hydrogens is 313 g/mol. The molecule has 23 heavy (non-hydrogen) atoms. The van der Waals surface area contributed by atoms with Gasteiger partial charge in [0.25, 0.3) is 5.56 Å². The number of anilines is 1. The largest absolute Gasteiger partial charge is 0.417 e. The van der Waals surface area contributed by atoms with Crippen LogP contribution in [0.3, 0.4) is 0 Å². The molecule has 0 aromatic carbocycles. The van der Waals surface area contributed by atoms with E-state index in [4.69, 9.17) is 0 Å². The van der Waals surface area contributed by atoms with Crippen LogP contribution in [0.5, 0.6) is 0 Å². The molecule has 9 heteroatoms. The Morgan fingerprint density at radius 2 is 2.22 bits per heavy atom. The molecule has 3 N–H and O–H groups in total. The van der Waals surface area contributed by atoms with Gasteiger partial charge < -0.3 is 20.5 Å². The number of alkyl halides is 3. The summed E-state index contributed by atoms with van der Waals surface area (Å²) in [6.45, 7) is 4.53. The first kappa shape index (κ1) is 17.3. The molecular formula is C14H19F3N4O2. The minimum atomic E-state index is -4.60. The maximum Gasteiger partial charge on any atom is 0.417 e. The smallest absolute Gasteiger partial charge is 0.334 e. The zero-order valence-electron chi connectivity index (χ0n) is 12.7. The van der Waals surface area contributed by atoms with Crippen LogP contribution in [0.2, 0.25) is 0 Å². The minimum Gasteiger partial charge on any atom is -0.334 e. The first-order chi connectivity index (χ1) is 10.8. The lowest BCUT2D eigenvalue weighted by molar-refractivity contribution is -0.137. The number of piperidine rings is 1. The summed E-state index contributed by atoms with van der Waals surface area (Å²) in [6, 6.07) is -0.149. The topological polar surface area (TPSA) is 77.2 Å². The van der Waals surface area contributed by atoms with Crippen molar-refractivity contribution in [2.75, 3.05) is 25.0 Å². The fourth-order valence-corrected chi connectivity index (χ4v) is 2.54. The third-order valence-corrected chi connectivity index (χ3v) is 3.77. The number of aromatic nitrogens is 1. The van der Waals surface area contributed by atoms with E-state index >= 15 is 0 Å². The molecule has 0 spiro atoms. The second-order valence-corrected chi connectivity index (χ2v) is 5.46. The summed E-state index contributed by atoms with van der Waals surface area (Å²) in [4.78, 5) is 27.6. The van der Waals surface area contributed by atoms with Crippen LogP contribution < -0.4 is 16.2 Å². The summed E-state index contributed by atoms with van der Waals surface area (Å²) in [5.74, 6) is 0. The predicted molar refractivity (Wildman–Crippen MR) is 79.4 cm³/mol.